The van der Waals surface area contributed by atoms with Gasteiger partial charge in [-0.25, -0.2) is 0 Å². The van der Waals surface area contributed by atoms with E-state index in [0.717, 1.165) is 44.5 Å². The number of piperidine rings is 1. The number of amides is 1. The minimum absolute atomic E-state index is 0.000524. The fraction of sp³-hybridized carbons (Fsp3) is 0.500. The van der Waals surface area contributed by atoms with E-state index in [0.29, 0.717) is 5.69 Å². The summed E-state index contributed by atoms with van der Waals surface area (Å²) in [5, 5.41) is 5.19. The van der Waals surface area contributed by atoms with Crippen molar-refractivity contribution in [2.45, 2.75) is 38.8 Å². The Morgan fingerprint density at radius 3 is 2.50 bits per heavy atom. The fourth-order valence-corrected chi connectivity index (χ4v) is 2.82. The van der Waals surface area contributed by atoms with Gasteiger partial charge in [-0.3, -0.25) is 4.79 Å². The number of hydrogen-bond acceptors (Lipinski definition) is 3. The molecule has 132 valence electrons. The molecule has 0 unspecified atom stereocenters. The Hall–Kier alpha value is -1.83. The highest BCUT2D eigenvalue weighted by Crippen LogP contribution is 2.36. The molecule has 1 aliphatic rings. The summed E-state index contributed by atoms with van der Waals surface area (Å²) < 4.78 is 39.0. The van der Waals surface area contributed by atoms with Gasteiger partial charge in [-0.1, -0.05) is 6.92 Å². The molecule has 1 fully saturated rings. The van der Waals surface area contributed by atoms with Gasteiger partial charge in [-0.2, -0.15) is 13.2 Å². The first-order chi connectivity index (χ1) is 11.3. The number of thiocarbonyl (C=S) groups is 1. The van der Waals surface area contributed by atoms with E-state index >= 15 is 0 Å². The highest BCUT2D eigenvalue weighted by atomic mass is 32.1. The van der Waals surface area contributed by atoms with Crippen LogP contribution in [0.4, 0.5) is 24.5 Å². The Balaban J connectivity index is 2.29. The van der Waals surface area contributed by atoms with E-state index in [1.807, 2.05) is 4.90 Å². The summed E-state index contributed by atoms with van der Waals surface area (Å²) in [5.41, 5.74) is 0.166. The summed E-state index contributed by atoms with van der Waals surface area (Å²) in [5.74, 6) is -0.293. The van der Waals surface area contributed by atoms with Crippen LogP contribution in [0.25, 0.3) is 0 Å². The number of benzene rings is 1. The zero-order chi connectivity index (χ0) is 17.7. The molecule has 1 aromatic carbocycles. The van der Waals surface area contributed by atoms with Crippen LogP contribution in [-0.2, 0) is 11.0 Å². The Labute approximate surface area is 144 Å². The maximum atomic E-state index is 13.0. The molecule has 1 aliphatic heterocycles. The summed E-state index contributed by atoms with van der Waals surface area (Å²) in [6.07, 6.45) is -1.09. The third-order valence-electron chi connectivity index (χ3n) is 3.84. The number of nitrogens with one attached hydrogen (secondary N) is 2. The molecule has 4 nitrogen and oxygen atoms in total. The van der Waals surface area contributed by atoms with Gasteiger partial charge < -0.3 is 15.5 Å². The zero-order valence-electron chi connectivity index (χ0n) is 13.4. The van der Waals surface area contributed by atoms with Gasteiger partial charge in [0.05, 0.1) is 16.9 Å². The monoisotopic (exact) mass is 359 g/mol. The molecule has 0 atom stereocenters. The van der Waals surface area contributed by atoms with E-state index in [-0.39, 0.29) is 23.1 Å². The Kier molecular flexibility index (Phi) is 6.04. The summed E-state index contributed by atoms with van der Waals surface area (Å²) in [6.45, 7) is 3.24. The number of alkyl halides is 3. The maximum Gasteiger partial charge on any atom is 0.416 e. The largest absolute Gasteiger partial charge is 0.416 e. The second kappa shape index (κ2) is 7.83. The van der Waals surface area contributed by atoms with Crippen LogP contribution < -0.4 is 15.5 Å². The molecular formula is C16H20F3N3OS. The number of carbonyl (C=O) groups is 1. The van der Waals surface area contributed by atoms with Crippen molar-refractivity contribution in [1.82, 2.24) is 5.32 Å². The van der Waals surface area contributed by atoms with Crippen molar-refractivity contribution in [3.63, 3.8) is 0 Å². The van der Waals surface area contributed by atoms with Crippen molar-refractivity contribution in [2.24, 2.45) is 0 Å². The van der Waals surface area contributed by atoms with Crippen molar-refractivity contribution in [3.8, 4) is 0 Å². The first-order valence-electron chi connectivity index (χ1n) is 7.88. The number of rotatable bonds is 3. The topological polar surface area (TPSA) is 44.4 Å². The quantitative estimate of drug-likeness (QED) is 0.803. The fourth-order valence-electron chi connectivity index (χ4n) is 2.59. The van der Waals surface area contributed by atoms with Gasteiger partial charge in [-0.05, 0) is 49.7 Å². The van der Waals surface area contributed by atoms with Crippen molar-refractivity contribution in [1.29, 1.82) is 0 Å². The Bertz CT molecular complexity index is 613. The van der Waals surface area contributed by atoms with Crippen LogP contribution in [-0.4, -0.2) is 24.1 Å². The first kappa shape index (κ1) is 18.5. The van der Waals surface area contributed by atoms with Crippen molar-refractivity contribution >= 4 is 34.6 Å². The number of hydrogen-bond donors (Lipinski definition) is 2. The van der Waals surface area contributed by atoms with Gasteiger partial charge >= 0.3 is 6.18 Å². The minimum atomic E-state index is -4.44. The summed E-state index contributed by atoms with van der Waals surface area (Å²) >= 11 is 5.03. The number of halogens is 3. The van der Waals surface area contributed by atoms with Gasteiger partial charge in [0.15, 0.2) is 5.11 Å². The van der Waals surface area contributed by atoms with Crippen LogP contribution in [0.15, 0.2) is 18.2 Å². The summed E-state index contributed by atoms with van der Waals surface area (Å²) in [6, 6.07) is 3.57. The molecule has 0 saturated carbocycles. The standard InChI is InChI=1S/C16H20F3N3OS/c1-2-14(23)21-15(24)20-12-10-11(16(17,18)19)6-7-13(12)22-8-4-3-5-9-22/h6-7,10H,2-5,8-9H2,1H3,(H2,20,21,23,24). The highest BCUT2D eigenvalue weighted by molar-refractivity contribution is 7.80. The van der Waals surface area contributed by atoms with Crippen LogP contribution >= 0.6 is 12.2 Å². The molecule has 0 radical (unpaired) electrons. The van der Waals surface area contributed by atoms with E-state index in [1.165, 1.54) is 6.07 Å². The average Bonchev–Trinajstić information content (AvgIpc) is 2.54. The molecule has 24 heavy (non-hydrogen) atoms. The summed E-state index contributed by atoms with van der Waals surface area (Å²) in [7, 11) is 0. The second-order valence-electron chi connectivity index (χ2n) is 5.63. The van der Waals surface area contributed by atoms with Crippen molar-refractivity contribution in [2.75, 3.05) is 23.3 Å². The maximum absolute atomic E-state index is 13.0. The number of carbonyl (C=O) groups excluding carboxylic acids is 1. The molecule has 8 heteroatoms. The van der Waals surface area contributed by atoms with Crippen molar-refractivity contribution in [3.05, 3.63) is 23.8 Å². The lowest BCUT2D eigenvalue weighted by molar-refractivity contribution is -0.137. The van der Waals surface area contributed by atoms with E-state index in [4.69, 9.17) is 12.2 Å². The van der Waals surface area contributed by atoms with Crippen molar-refractivity contribution < 1.29 is 18.0 Å². The lowest BCUT2D eigenvalue weighted by Crippen LogP contribution is -2.35. The molecule has 0 aliphatic carbocycles. The second-order valence-corrected chi connectivity index (χ2v) is 6.04. The van der Waals surface area contributed by atoms with Crippen LogP contribution in [0.3, 0.4) is 0 Å². The van der Waals surface area contributed by atoms with Crippen LogP contribution in [0.1, 0.15) is 38.2 Å². The molecular weight excluding hydrogens is 339 g/mol. The molecule has 1 heterocycles. The lowest BCUT2D eigenvalue weighted by Gasteiger charge is -2.31. The van der Waals surface area contributed by atoms with Gasteiger partial charge in [0.2, 0.25) is 5.91 Å². The van der Waals surface area contributed by atoms with Gasteiger partial charge in [-0.15, -0.1) is 0 Å². The van der Waals surface area contributed by atoms with Gasteiger partial charge in [0.1, 0.15) is 0 Å². The number of nitrogens with zero attached hydrogens (tertiary/aromatic N) is 1. The first-order valence-corrected chi connectivity index (χ1v) is 8.29. The third-order valence-corrected chi connectivity index (χ3v) is 4.05. The SMILES string of the molecule is CCC(=O)NC(=S)Nc1cc(C(F)(F)F)ccc1N1CCCCC1. The van der Waals surface area contributed by atoms with E-state index in [1.54, 1.807) is 6.92 Å². The van der Waals surface area contributed by atoms with E-state index in [9.17, 15) is 18.0 Å². The predicted octanol–water partition coefficient (Wildman–Crippen LogP) is 3.92. The number of anilines is 2. The van der Waals surface area contributed by atoms with Crippen LogP contribution in [0.5, 0.6) is 0 Å². The molecule has 0 spiro atoms. The molecule has 0 aromatic heterocycles. The minimum Gasteiger partial charge on any atom is -0.370 e. The highest BCUT2D eigenvalue weighted by Gasteiger charge is 2.31. The Morgan fingerprint density at radius 2 is 1.92 bits per heavy atom. The molecule has 1 amide bonds. The normalized spacial score (nSPS) is 15.1. The zero-order valence-corrected chi connectivity index (χ0v) is 14.2. The smallest absolute Gasteiger partial charge is 0.370 e. The van der Waals surface area contributed by atoms with Crippen LogP contribution in [0.2, 0.25) is 0 Å². The van der Waals surface area contributed by atoms with Gasteiger partial charge in [0, 0.05) is 19.5 Å². The lowest BCUT2D eigenvalue weighted by atomic mass is 10.1. The molecule has 2 rings (SSSR count). The third kappa shape index (κ3) is 4.83. The molecule has 0 bridgehead atoms. The van der Waals surface area contributed by atoms with E-state index < -0.39 is 11.7 Å². The molecule has 1 saturated heterocycles. The predicted molar refractivity (Wildman–Crippen MR) is 92.2 cm³/mol. The van der Waals surface area contributed by atoms with E-state index in [2.05, 4.69) is 10.6 Å². The summed E-state index contributed by atoms with van der Waals surface area (Å²) in [4.78, 5) is 13.4. The van der Waals surface area contributed by atoms with Crippen LogP contribution in [0, 0.1) is 0 Å². The molecule has 2 N–H and O–H groups in total. The average molecular weight is 359 g/mol. The van der Waals surface area contributed by atoms with Gasteiger partial charge in [0.25, 0.3) is 0 Å². The Morgan fingerprint density at radius 1 is 1.25 bits per heavy atom. The molecule has 1 aromatic rings.